The van der Waals surface area contributed by atoms with E-state index in [1.807, 2.05) is 11.7 Å². The topological polar surface area (TPSA) is 25.2 Å². The molecule has 1 aromatic rings. The number of rotatable bonds is 0. The van der Waals surface area contributed by atoms with E-state index in [2.05, 4.69) is 29.1 Å². The zero-order valence-electron chi connectivity index (χ0n) is 6.19. The summed E-state index contributed by atoms with van der Waals surface area (Å²) in [6, 6.07) is 0. The summed E-state index contributed by atoms with van der Waals surface area (Å²) in [5, 5.41) is 0. The third kappa shape index (κ3) is 1.24. The molecule has 0 fully saturated rings. The molecule has 0 amide bonds. The molecular weight excluding hydrogens is 156 g/mol. The Morgan fingerprint density at radius 1 is 1.55 bits per heavy atom. The molecule has 0 aliphatic carbocycles. The summed E-state index contributed by atoms with van der Waals surface area (Å²) in [5.74, 6) is 0.473. The number of hydrogen-bond acceptors (Lipinski definition) is 3. The molecule has 1 aliphatic heterocycles. The first-order valence-corrected chi connectivity index (χ1v) is 4.40. The lowest BCUT2D eigenvalue weighted by atomic mass is 10.2. The van der Waals surface area contributed by atoms with Crippen LogP contribution in [0.3, 0.4) is 0 Å². The number of fused-ring (bicyclic) bond motifs is 1. The van der Waals surface area contributed by atoms with Crippen molar-refractivity contribution >= 4 is 17.4 Å². The maximum atomic E-state index is 4.18. The van der Waals surface area contributed by atoms with Gasteiger partial charge in [-0.05, 0) is 5.92 Å². The Morgan fingerprint density at radius 2 is 2.45 bits per heavy atom. The second kappa shape index (κ2) is 2.58. The van der Waals surface area contributed by atoms with Gasteiger partial charge in [-0.25, -0.2) is 9.98 Å². The molecule has 1 atom stereocenters. The number of allylic oxidation sites excluding steroid dienone is 1. The lowest BCUT2D eigenvalue weighted by Gasteiger charge is -1.90. The quantitative estimate of drug-likeness (QED) is 0.554. The zero-order valence-corrected chi connectivity index (χ0v) is 7.01. The van der Waals surface area contributed by atoms with Gasteiger partial charge >= 0.3 is 0 Å². The van der Waals surface area contributed by atoms with Crippen LogP contribution < -0.4 is 10.0 Å². The summed E-state index contributed by atoms with van der Waals surface area (Å²) in [7, 11) is 0. The molecule has 0 radical (unpaired) electrons. The second-order valence-electron chi connectivity index (χ2n) is 2.54. The van der Waals surface area contributed by atoms with Gasteiger partial charge in [-0.1, -0.05) is 19.1 Å². The Kier molecular flexibility index (Phi) is 1.58. The van der Waals surface area contributed by atoms with Crippen molar-refractivity contribution in [3.8, 4) is 0 Å². The van der Waals surface area contributed by atoms with Gasteiger partial charge in [0.15, 0.2) is 5.49 Å². The van der Waals surface area contributed by atoms with E-state index in [9.17, 15) is 0 Å². The third-order valence-corrected chi connectivity index (χ3v) is 2.36. The van der Waals surface area contributed by atoms with Gasteiger partial charge in [0.05, 0.1) is 10.0 Å². The second-order valence-corrected chi connectivity index (χ2v) is 3.42. The van der Waals surface area contributed by atoms with E-state index in [-0.39, 0.29) is 0 Å². The van der Waals surface area contributed by atoms with Gasteiger partial charge < -0.3 is 0 Å². The van der Waals surface area contributed by atoms with Crippen LogP contribution in [-0.4, -0.2) is 4.98 Å². The van der Waals surface area contributed by atoms with Crippen LogP contribution >= 0.6 is 11.3 Å². The molecule has 2 rings (SSSR count). The standard InChI is InChI=1S/C8H8N2S/c1-6-2-3-9-8-7(4-6)11-5-10-8/h2-6H,1H3. The van der Waals surface area contributed by atoms with E-state index in [0.717, 1.165) is 5.49 Å². The highest BCUT2D eigenvalue weighted by Crippen LogP contribution is 2.00. The van der Waals surface area contributed by atoms with E-state index in [4.69, 9.17) is 0 Å². The fraction of sp³-hybridized carbons (Fsp3) is 0.250. The maximum Gasteiger partial charge on any atom is 0.169 e. The van der Waals surface area contributed by atoms with Crippen LogP contribution in [0.1, 0.15) is 6.92 Å². The Hall–Kier alpha value is -0.960. The highest BCUT2D eigenvalue weighted by molar-refractivity contribution is 7.07. The summed E-state index contributed by atoms with van der Waals surface area (Å²) in [6.45, 7) is 2.14. The monoisotopic (exact) mass is 164 g/mol. The predicted octanol–water partition coefficient (Wildman–Crippen LogP) is 0.707. The van der Waals surface area contributed by atoms with Crippen LogP contribution in [-0.2, 0) is 0 Å². The summed E-state index contributed by atoms with van der Waals surface area (Å²) in [6.07, 6.45) is 6.07. The molecule has 56 valence electrons. The molecule has 0 N–H and O–H groups in total. The smallest absolute Gasteiger partial charge is 0.169 e. The molecule has 0 bridgehead atoms. The molecule has 1 aromatic heterocycles. The molecule has 2 nitrogen and oxygen atoms in total. The minimum atomic E-state index is 0.473. The van der Waals surface area contributed by atoms with Crippen molar-refractivity contribution in [3.63, 3.8) is 0 Å². The van der Waals surface area contributed by atoms with Crippen LogP contribution in [0.4, 0.5) is 0 Å². The fourth-order valence-corrected chi connectivity index (χ4v) is 1.77. The van der Waals surface area contributed by atoms with Crippen molar-refractivity contribution in [2.24, 2.45) is 10.9 Å². The summed E-state index contributed by atoms with van der Waals surface area (Å²) < 4.78 is 1.18. The van der Waals surface area contributed by atoms with E-state index >= 15 is 0 Å². The fourth-order valence-electron chi connectivity index (χ4n) is 1.00. The largest absolute Gasteiger partial charge is 0.236 e. The molecule has 11 heavy (non-hydrogen) atoms. The van der Waals surface area contributed by atoms with E-state index < -0.39 is 0 Å². The lowest BCUT2D eigenvalue weighted by molar-refractivity contribution is 0.997. The lowest BCUT2D eigenvalue weighted by Crippen LogP contribution is -2.20. The van der Waals surface area contributed by atoms with Crippen LogP contribution in [0.5, 0.6) is 0 Å². The van der Waals surface area contributed by atoms with E-state index in [1.165, 1.54) is 4.53 Å². The van der Waals surface area contributed by atoms with E-state index in [0.29, 0.717) is 5.92 Å². The molecule has 0 saturated heterocycles. The van der Waals surface area contributed by atoms with Gasteiger partial charge in [0.1, 0.15) is 0 Å². The minimum Gasteiger partial charge on any atom is -0.236 e. The first kappa shape index (κ1) is 6.73. The number of aromatic nitrogens is 1. The average Bonchev–Trinajstić information content (AvgIpc) is 2.31. The number of hydrogen-bond donors (Lipinski definition) is 0. The van der Waals surface area contributed by atoms with Crippen molar-refractivity contribution in [2.45, 2.75) is 6.92 Å². The normalized spacial score (nSPS) is 21.4. The molecular formula is C8H8N2S. The first-order valence-electron chi connectivity index (χ1n) is 3.52. The molecule has 0 aromatic carbocycles. The predicted molar refractivity (Wildman–Crippen MR) is 45.7 cm³/mol. The van der Waals surface area contributed by atoms with Crippen molar-refractivity contribution < 1.29 is 0 Å². The van der Waals surface area contributed by atoms with Crippen LogP contribution in [0, 0.1) is 5.92 Å². The minimum absolute atomic E-state index is 0.473. The van der Waals surface area contributed by atoms with Gasteiger partial charge in [-0.3, -0.25) is 0 Å². The third-order valence-electron chi connectivity index (χ3n) is 1.58. The Labute approximate surface area is 68.6 Å². The van der Waals surface area contributed by atoms with Crippen LogP contribution in [0.25, 0.3) is 6.08 Å². The number of thiazole rings is 1. The molecule has 1 aliphatic rings. The van der Waals surface area contributed by atoms with Crippen molar-refractivity contribution in [3.05, 3.63) is 27.8 Å². The van der Waals surface area contributed by atoms with Gasteiger partial charge in [0.25, 0.3) is 0 Å². The average molecular weight is 164 g/mol. The Balaban J connectivity index is 2.74. The molecule has 3 heteroatoms. The van der Waals surface area contributed by atoms with Gasteiger partial charge in [-0.2, -0.15) is 0 Å². The highest BCUT2D eigenvalue weighted by atomic mass is 32.1. The van der Waals surface area contributed by atoms with Gasteiger partial charge in [-0.15, -0.1) is 11.3 Å². The summed E-state index contributed by atoms with van der Waals surface area (Å²) in [4.78, 5) is 8.31. The summed E-state index contributed by atoms with van der Waals surface area (Å²) in [5.41, 5.74) is 2.69. The Morgan fingerprint density at radius 3 is 3.36 bits per heavy atom. The molecule has 1 unspecified atom stereocenters. The highest BCUT2D eigenvalue weighted by Gasteiger charge is 1.96. The summed E-state index contributed by atoms with van der Waals surface area (Å²) >= 11 is 1.64. The first-order chi connectivity index (χ1) is 5.36. The zero-order chi connectivity index (χ0) is 7.68. The Bertz CT molecular complexity index is 388. The SMILES string of the molecule is CC1C=CN=c2ncsc2=C1. The van der Waals surface area contributed by atoms with Gasteiger partial charge in [0.2, 0.25) is 0 Å². The molecule has 0 spiro atoms. The van der Waals surface area contributed by atoms with E-state index in [1.54, 1.807) is 11.3 Å². The molecule has 0 saturated carbocycles. The van der Waals surface area contributed by atoms with Crippen LogP contribution in [0.2, 0.25) is 0 Å². The molecule has 2 heterocycles. The van der Waals surface area contributed by atoms with Crippen molar-refractivity contribution in [2.75, 3.05) is 0 Å². The number of nitrogens with zero attached hydrogens (tertiary/aromatic N) is 2. The van der Waals surface area contributed by atoms with Crippen molar-refractivity contribution in [1.29, 1.82) is 0 Å². The maximum absolute atomic E-state index is 4.18. The van der Waals surface area contributed by atoms with Gasteiger partial charge in [0, 0.05) is 6.20 Å². The van der Waals surface area contributed by atoms with Crippen LogP contribution in [0.15, 0.2) is 22.8 Å². The van der Waals surface area contributed by atoms with Crippen molar-refractivity contribution in [1.82, 2.24) is 4.98 Å².